The van der Waals surface area contributed by atoms with Gasteiger partial charge in [0.15, 0.2) is 0 Å². The molecule has 0 aliphatic carbocycles. The molecule has 0 saturated carbocycles. The van der Waals surface area contributed by atoms with E-state index in [0.29, 0.717) is 34.3 Å². The van der Waals surface area contributed by atoms with Gasteiger partial charge in [0.25, 0.3) is 15.6 Å². The summed E-state index contributed by atoms with van der Waals surface area (Å²) in [6.45, 7) is 1.59. The van der Waals surface area contributed by atoms with Crippen molar-refractivity contribution in [3.8, 4) is 11.1 Å². The molecule has 10 nitrogen and oxygen atoms in total. The summed E-state index contributed by atoms with van der Waals surface area (Å²) in [5, 5.41) is 0.398. The summed E-state index contributed by atoms with van der Waals surface area (Å²) in [7, 11) is -1.99. The summed E-state index contributed by atoms with van der Waals surface area (Å²) in [6.07, 6.45) is 2.29. The molecule has 180 valence electrons. The first-order valence-electron chi connectivity index (χ1n) is 11.1. The van der Waals surface area contributed by atoms with Crippen LogP contribution in [0.4, 0.5) is 17.5 Å². The normalized spacial score (nSPS) is 16.5. The quantitative estimate of drug-likeness (QED) is 0.385. The molecule has 4 aromatic rings. The van der Waals surface area contributed by atoms with Gasteiger partial charge in [-0.3, -0.25) is 14.1 Å². The van der Waals surface area contributed by atoms with Crippen molar-refractivity contribution < 1.29 is 8.42 Å². The summed E-state index contributed by atoms with van der Waals surface area (Å²) < 4.78 is 30.1. The lowest BCUT2D eigenvalue weighted by Crippen LogP contribution is -2.30. The fourth-order valence-electron chi connectivity index (χ4n) is 4.42. The van der Waals surface area contributed by atoms with Crippen molar-refractivity contribution in [3.63, 3.8) is 0 Å². The van der Waals surface area contributed by atoms with Crippen molar-refractivity contribution >= 4 is 38.4 Å². The zero-order valence-corrected chi connectivity index (χ0v) is 19.9. The number of nitrogen functional groups attached to an aromatic ring is 2. The Morgan fingerprint density at radius 3 is 2.54 bits per heavy atom. The lowest BCUT2D eigenvalue weighted by molar-refractivity contribution is 0.391. The van der Waals surface area contributed by atoms with Crippen LogP contribution in [0.3, 0.4) is 0 Å². The standard InChI is InChI=1S/C24H25N7O3S/c1-30-10-9-18(14-30)31-23(32)19-11-15(7-8-20(19)28-24(31)26)16-12-21(22(25)27-13-16)35(33,34)29-17-5-3-2-4-6-17/h2-8,11-13,18,29H,9-10,14H2,1H3,(H2,25,27)(H2,26,28). The first kappa shape index (κ1) is 22.8. The van der Waals surface area contributed by atoms with Crippen molar-refractivity contribution in [2.75, 3.05) is 36.3 Å². The van der Waals surface area contributed by atoms with Crippen LogP contribution in [0.25, 0.3) is 22.0 Å². The van der Waals surface area contributed by atoms with Crippen LogP contribution in [0.2, 0.25) is 0 Å². The van der Waals surface area contributed by atoms with Crippen molar-refractivity contribution in [2.45, 2.75) is 17.4 Å². The third-order valence-corrected chi connectivity index (χ3v) is 7.60. The number of rotatable bonds is 5. The second-order valence-corrected chi connectivity index (χ2v) is 10.3. The van der Waals surface area contributed by atoms with Crippen LogP contribution in [-0.4, -0.2) is 48.0 Å². The van der Waals surface area contributed by atoms with E-state index in [-0.39, 0.29) is 28.3 Å². The lowest BCUT2D eigenvalue weighted by Gasteiger charge is -2.17. The van der Waals surface area contributed by atoms with E-state index in [1.165, 1.54) is 12.3 Å². The van der Waals surface area contributed by atoms with E-state index in [9.17, 15) is 13.2 Å². The number of fused-ring (bicyclic) bond motifs is 1. The Bertz CT molecular complexity index is 1590. The highest BCUT2D eigenvalue weighted by Gasteiger charge is 2.25. The number of nitrogens with two attached hydrogens (primary N) is 2. The number of nitrogens with zero attached hydrogens (tertiary/aromatic N) is 4. The fraction of sp³-hybridized carbons (Fsp3) is 0.208. The Balaban J connectivity index is 1.57. The Kier molecular flexibility index (Phi) is 5.65. The molecule has 1 saturated heterocycles. The minimum Gasteiger partial charge on any atom is -0.383 e. The average molecular weight is 492 g/mol. The van der Waals surface area contributed by atoms with E-state index in [0.717, 1.165) is 13.0 Å². The first-order valence-corrected chi connectivity index (χ1v) is 12.6. The average Bonchev–Trinajstić information content (AvgIpc) is 3.25. The minimum absolute atomic E-state index is 0.0490. The maximum atomic E-state index is 13.4. The number of hydrogen-bond donors (Lipinski definition) is 3. The Morgan fingerprint density at radius 2 is 1.83 bits per heavy atom. The molecule has 3 heterocycles. The second-order valence-electron chi connectivity index (χ2n) is 8.66. The number of para-hydroxylation sites is 1. The zero-order chi connectivity index (χ0) is 24.7. The Morgan fingerprint density at radius 1 is 1.06 bits per heavy atom. The largest absolute Gasteiger partial charge is 0.383 e. The number of aromatic nitrogens is 3. The molecule has 1 aliphatic heterocycles. The highest BCUT2D eigenvalue weighted by Crippen LogP contribution is 2.29. The maximum Gasteiger partial charge on any atom is 0.265 e. The van der Waals surface area contributed by atoms with Gasteiger partial charge in [-0.1, -0.05) is 24.3 Å². The fourth-order valence-corrected chi connectivity index (χ4v) is 5.58. The third kappa shape index (κ3) is 4.31. The highest BCUT2D eigenvalue weighted by molar-refractivity contribution is 7.92. The number of likely N-dealkylation sites (tertiary alicyclic amines) is 1. The van der Waals surface area contributed by atoms with Gasteiger partial charge in [0, 0.05) is 24.0 Å². The van der Waals surface area contributed by atoms with Crippen LogP contribution in [0.5, 0.6) is 0 Å². The molecule has 1 aliphatic rings. The monoisotopic (exact) mass is 491 g/mol. The van der Waals surface area contributed by atoms with E-state index in [1.807, 2.05) is 7.05 Å². The SMILES string of the molecule is CN1CCC(n2c(N)nc3ccc(-c4cnc(N)c(S(=O)(=O)Nc5ccccc5)c4)cc3c2=O)C1. The van der Waals surface area contributed by atoms with Gasteiger partial charge < -0.3 is 16.4 Å². The number of pyridine rings is 1. The van der Waals surface area contributed by atoms with Gasteiger partial charge in [-0.05, 0) is 55.9 Å². The summed E-state index contributed by atoms with van der Waals surface area (Å²) in [6, 6.07) is 15.0. The van der Waals surface area contributed by atoms with Gasteiger partial charge in [0.2, 0.25) is 5.95 Å². The molecule has 5 rings (SSSR count). The number of benzene rings is 2. The van der Waals surface area contributed by atoms with E-state index in [1.54, 1.807) is 53.1 Å². The summed E-state index contributed by atoms with van der Waals surface area (Å²) in [5.41, 5.74) is 13.8. The molecule has 1 fully saturated rings. The molecule has 5 N–H and O–H groups in total. The number of sulfonamides is 1. The Hall–Kier alpha value is -3.96. The molecule has 2 aromatic carbocycles. The second kappa shape index (κ2) is 8.67. The van der Waals surface area contributed by atoms with Crippen LogP contribution < -0.4 is 21.7 Å². The molecule has 1 unspecified atom stereocenters. The van der Waals surface area contributed by atoms with Gasteiger partial charge >= 0.3 is 0 Å². The van der Waals surface area contributed by atoms with E-state index in [2.05, 4.69) is 19.6 Å². The molecule has 11 heteroatoms. The number of nitrogens with one attached hydrogen (secondary N) is 1. The molecular weight excluding hydrogens is 466 g/mol. The predicted octanol–water partition coefficient (Wildman–Crippen LogP) is 2.30. The molecule has 35 heavy (non-hydrogen) atoms. The third-order valence-electron chi connectivity index (χ3n) is 6.19. The summed E-state index contributed by atoms with van der Waals surface area (Å²) in [5.74, 6) is 0.0604. The van der Waals surface area contributed by atoms with Crippen LogP contribution in [0, 0.1) is 0 Å². The number of anilines is 3. The molecular formula is C24H25N7O3S. The molecule has 1 atom stereocenters. The van der Waals surface area contributed by atoms with Gasteiger partial charge in [0.1, 0.15) is 10.7 Å². The highest BCUT2D eigenvalue weighted by atomic mass is 32.2. The first-order chi connectivity index (χ1) is 16.7. The van der Waals surface area contributed by atoms with Crippen molar-refractivity contribution in [2.24, 2.45) is 0 Å². The molecule has 0 amide bonds. The Labute approximate surface area is 202 Å². The minimum atomic E-state index is -3.99. The summed E-state index contributed by atoms with van der Waals surface area (Å²) in [4.78, 5) is 23.9. The van der Waals surface area contributed by atoms with E-state index >= 15 is 0 Å². The topological polar surface area (TPSA) is 149 Å². The van der Waals surface area contributed by atoms with Crippen molar-refractivity contribution in [1.29, 1.82) is 0 Å². The van der Waals surface area contributed by atoms with Gasteiger partial charge in [-0.25, -0.2) is 18.4 Å². The van der Waals surface area contributed by atoms with E-state index < -0.39 is 10.0 Å². The molecule has 0 spiro atoms. The zero-order valence-electron chi connectivity index (χ0n) is 19.0. The number of likely N-dealkylation sites (N-methyl/N-ethyl adjacent to an activating group) is 1. The van der Waals surface area contributed by atoms with Gasteiger partial charge in [-0.15, -0.1) is 0 Å². The van der Waals surface area contributed by atoms with Crippen LogP contribution in [0.1, 0.15) is 12.5 Å². The van der Waals surface area contributed by atoms with Crippen LogP contribution in [-0.2, 0) is 10.0 Å². The summed E-state index contributed by atoms with van der Waals surface area (Å²) >= 11 is 0. The maximum absolute atomic E-state index is 13.4. The lowest BCUT2D eigenvalue weighted by atomic mass is 10.1. The number of hydrogen-bond acceptors (Lipinski definition) is 8. The van der Waals surface area contributed by atoms with Crippen LogP contribution in [0.15, 0.2) is 70.5 Å². The van der Waals surface area contributed by atoms with Crippen LogP contribution >= 0.6 is 0 Å². The van der Waals surface area contributed by atoms with Crippen molar-refractivity contribution in [1.82, 2.24) is 19.4 Å². The van der Waals surface area contributed by atoms with Gasteiger partial charge in [-0.2, -0.15) is 0 Å². The smallest absolute Gasteiger partial charge is 0.265 e. The predicted molar refractivity (Wildman–Crippen MR) is 136 cm³/mol. The molecule has 0 radical (unpaired) electrons. The van der Waals surface area contributed by atoms with Gasteiger partial charge in [0.05, 0.1) is 16.9 Å². The molecule has 2 aromatic heterocycles. The van der Waals surface area contributed by atoms with Crippen molar-refractivity contribution in [3.05, 3.63) is 71.1 Å². The van der Waals surface area contributed by atoms with E-state index in [4.69, 9.17) is 11.5 Å². The molecule has 0 bridgehead atoms.